The van der Waals surface area contributed by atoms with Gasteiger partial charge in [0.25, 0.3) is 0 Å². The van der Waals surface area contributed by atoms with E-state index in [1.807, 2.05) is 54.6 Å². The van der Waals surface area contributed by atoms with Gasteiger partial charge in [0, 0.05) is 15.8 Å². The number of thioether (sulfide) groups is 1. The Balaban J connectivity index is 1.30. The van der Waals surface area contributed by atoms with Gasteiger partial charge in [0.1, 0.15) is 11.5 Å². The van der Waals surface area contributed by atoms with Crippen molar-refractivity contribution in [2.24, 2.45) is 0 Å². The second-order valence-corrected chi connectivity index (χ2v) is 9.22. The molecule has 2 aromatic heterocycles. The van der Waals surface area contributed by atoms with Crippen LogP contribution in [0.2, 0.25) is 0 Å². The lowest BCUT2D eigenvalue weighted by Gasteiger charge is -2.05. The van der Waals surface area contributed by atoms with E-state index in [9.17, 15) is 0 Å². The Bertz CT molecular complexity index is 1280. The van der Waals surface area contributed by atoms with E-state index in [4.69, 9.17) is 9.72 Å². The zero-order chi connectivity index (χ0) is 20.3. The minimum absolute atomic E-state index is 0.803. The number of hydrogen-bond acceptors (Lipinski definition) is 7. The Kier molecular flexibility index (Phi) is 5.40. The third-order valence-corrected chi connectivity index (χ3v) is 6.86. The maximum atomic E-state index is 5.86. The van der Waals surface area contributed by atoms with Gasteiger partial charge in [0.2, 0.25) is 0 Å². The van der Waals surface area contributed by atoms with Gasteiger partial charge < -0.3 is 10.1 Å². The van der Waals surface area contributed by atoms with Crippen molar-refractivity contribution < 1.29 is 4.74 Å². The number of benzene rings is 3. The third-order valence-electron chi connectivity index (χ3n) is 4.44. The van der Waals surface area contributed by atoms with Crippen LogP contribution in [0.5, 0.6) is 11.5 Å². The summed E-state index contributed by atoms with van der Waals surface area (Å²) >= 11 is 4.96. The summed E-state index contributed by atoms with van der Waals surface area (Å²) in [5.74, 6) is 1.63. The van der Waals surface area contributed by atoms with Crippen LogP contribution in [0.25, 0.3) is 21.5 Å². The van der Waals surface area contributed by atoms with E-state index in [0.717, 1.165) is 38.5 Å². The van der Waals surface area contributed by atoms with Crippen molar-refractivity contribution in [3.05, 3.63) is 78.2 Å². The fraction of sp³-hybridized carbons (Fsp3) is 0.0435. The average molecular weight is 448 g/mol. The number of nitrogens with zero attached hydrogens (tertiary/aromatic N) is 2. The predicted molar refractivity (Wildman–Crippen MR) is 129 cm³/mol. The number of nitrogens with one attached hydrogen (secondary N) is 1. The molecule has 0 aliphatic carbocycles. The molecular formula is C23H17N3OS3. The molecular weight excluding hydrogens is 430 g/mol. The van der Waals surface area contributed by atoms with Gasteiger partial charge in [0.05, 0.1) is 15.9 Å². The van der Waals surface area contributed by atoms with Crippen molar-refractivity contribution in [1.82, 2.24) is 9.97 Å². The number of anilines is 2. The molecule has 0 aliphatic heterocycles. The third kappa shape index (κ3) is 4.18. The van der Waals surface area contributed by atoms with Gasteiger partial charge in [-0.15, -0.1) is 23.1 Å². The van der Waals surface area contributed by atoms with Gasteiger partial charge in [-0.3, -0.25) is 0 Å². The van der Waals surface area contributed by atoms with Crippen LogP contribution in [0.1, 0.15) is 0 Å². The van der Waals surface area contributed by atoms with Gasteiger partial charge in [-0.25, -0.2) is 9.97 Å². The van der Waals surface area contributed by atoms with Crippen LogP contribution in [0.3, 0.4) is 0 Å². The quantitative estimate of drug-likeness (QED) is 0.271. The van der Waals surface area contributed by atoms with Crippen LogP contribution in [0.15, 0.2) is 83.1 Å². The lowest BCUT2D eigenvalue weighted by Crippen LogP contribution is -1.88. The molecule has 0 saturated carbocycles. The second kappa shape index (κ2) is 8.47. The molecule has 4 nitrogen and oxygen atoms in total. The first-order chi connectivity index (χ1) is 14.8. The highest BCUT2D eigenvalue weighted by Crippen LogP contribution is 2.33. The topological polar surface area (TPSA) is 47.0 Å². The number of thiazole rings is 2. The Hall–Kier alpha value is -2.87. The largest absolute Gasteiger partial charge is 0.457 e. The van der Waals surface area contributed by atoms with E-state index in [1.165, 1.54) is 9.60 Å². The molecule has 5 rings (SSSR count). The van der Waals surface area contributed by atoms with Crippen LogP contribution >= 0.6 is 34.4 Å². The van der Waals surface area contributed by atoms with Gasteiger partial charge in [0.15, 0.2) is 10.3 Å². The summed E-state index contributed by atoms with van der Waals surface area (Å²) in [6.45, 7) is 0. The number of ether oxygens (including phenoxy) is 1. The molecule has 30 heavy (non-hydrogen) atoms. The number of fused-ring (bicyclic) bond motifs is 1. The first kappa shape index (κ1) is 19.1. The summed E-state index contributed by atoms with van der Waals surface area (Å²) in [6, 6.07) is 24.1. The molecule has 0 radical (unpaired) electrons. The van der Waals surface area contributed by atoms with Crippen molar-refractivity contribution in [2.75, 3.05) is 11.6 Å². The Labute approximate surface area is 186 Å². The molecule has 0 saturated heterocycles. The molecule has 0 atom stereocenters. The predicted octanol–water partition coefficient (Wildman–Crippen LogP) is 7.68. The van der Waals surface area contributed by atoms with Crippen LogP contribution in [0.4, 0.5) is 10.3 Å². The molecule has 0 amide bonds. The molecule has 2 heterocycles. The zero-order valence-electron chi connectivity index (χ0n) is 16.0. The van der Waals surface area contributed by atoms with E-state index in [1.54, 1.807) is 34.4 Å². The number of para-hydroxylation sites is 1. The summed E-state index contributed by atoms with van der Waals surface area (Å²) in [5, 5.41) is 7.09. The van der Waals surface area contributed by atoms with Crippen molar-refractivity contribution in [2.45, 2.75) is 4.90 Å². The monoisotopic (exact) mass is 447 g/mol. The Morgan fingerprint density at radius 1 is 0.867 bits per heavy atom. The molecule has 3 aromatic carbocycles. The number of rotatable bonds is 6. The molecule has 5 aromatic rings. The summed E-state index contributed by atoms with van der Waals surface area (Å²) in [5.41, 5.74) is 2.99. The first-order valence-electron chi connectivity index (χ1n) is 9.27. The van der Waals surface area contributed by atoms with Crippen molar-refractivity contribution in [3.63, 3.8) is 0 Å². The average Bonchev–Trinajstić information content (AvgIpc) is 3.41. The van der Waals surface area contributed by atoms with Crippen molar-refractivity contribution >= 4 is 54.9 Å². The number of hydrogen-bond donors (Lipinski definition) is 1. The SMILES string of the molecule is CSc1ccc2nc(Nc3nc(-c4ccc(Oc5ccccc5)cc4)cs3)sc2c1. The maximum absolute atomic E-state index is 5.86. The second-order valence-electron chi connectivity index (χ2n) is 6.46. The summed E-state index contributed by atoms with van der Waals surface area (Å²) in [6.07, 6.45) is 2.08. The molecule has 7 heteroatoms. The summed E-state index contributed by atoms with van der Waals surface area (Å²) in [7, 11) is 0. The van der Waals surface area contributed by atoms with Gasteiger partial charge in [-0.1, -0.05) is 29.5 Å². The van der Waals surface area contributed by atoms with Crippen LogP contribution in [-0.2, 0) is 0 Å². The standard InChI is InChI=1S/C23H17N3OS3/c1-28-18-11-12-19-21(13-18)30-23(24-19)26-22-25-20(14-29-22)15-7-9-17(10-8-15)27-16-5-3-2-4-6-16/h2-14H,1H3,(H,24,25,26). The van der Waals surface area contributed by atoms with E-state index >= 15 is 0 Å². The molecule has 0 fully saturated rings. The first-order valence-corrected chi connectivity index (χ1v) is 12.2. The Morgan fingerprint density at radius 2 is 1.67 bits per heavy atom. The molecule has 1 N–H and O–H groups in total. The molecule has 0 bridgehead atoms. The maximum Gasteiger partial charge on any atom is 0.190 e. The van der Waals surface area contributed by atoms with Gasteiger partial charge in [-0.2, -0.15) is 0 Å². The highest BCUT2D eigenvalue weighted by atomic mass is 32.2. The molecule has 0 spiro atoms. The van der Waals surface area contributed by atoms with Crippen molar-refractivity contribution in [3.8, 4) is 22.8 Å². The molecule has 148 valence electrons. The lowest BCUT2D eigenvalue weighted by atomic mass is 10.2. The minimum Gasteiger partial charge on any atom is -0.457 e. The minimum atomic E-state index is 0.803. The van der Waals surface area contributed by atoms with Crippen LogP contribution < -0.4 is 10.1 Å². The van der Waals surface area contributed by atoms with Gasteiger partial charge >= 0.3 is 0 Å². The highest BCUT2D eigenvalue weighted by Gasteiger charge is 2.09. The van der Waals surface area contributed by atoms with Crippen molar-refractivity contribution in [1.29, 1.82) is 0 Å². The van der Waals surface area contributed by atoms with Crippen LogP contribution in [0, 0.1) is 0 Å². The zero-order valence-corrected chi connectivity index (χ0v) is 18.5. The molecule has 0 unspecified atom stereocenters. The summed E-state index contributed by atoms with van der Waals surface area (Å²) in [4.78, 5) is 10.6. The summed E-state index contributed by atoms with van der Waals surface area (Å²) < 4.78 is 7.04. The van der Waals surface area contributed by atoms with E-state index < -0.39 is 0 Å². The lowest BCUT2D eigenvalue weighted by molar-refractivity contribution is 0.483. The van der Waals surface area contributed by atoms with Gasteiger partial charge in [-0.05, 0) is 60.9 Å². The fourth-order valence-corrected chi connectivity index (χ4v) is 5.16. The Morgan fingerprint density at radius 3 is 2.47 bits per heavy atom. The fourth-order valence-electron chi connectivity index (χ4n) is 2.96. The smallest absolute Gasteiger partial charge is 0.190 e. The number of aromatic nitrogens is 2. The normalized spacial score (nSPS) is 11.0. The van der Waals surface area contributed by atoms with E-state index in [-0.39, 0.29) is 0 Å². The van der Waals surface area contributed by atoms with E-state index in [0.29, 0.717) is 0 Å². The highest BCUT2D eigenvalue weighted by molar-refractivity contribution is 7.98. The molecule has 0 aliphatic rings. The van der Waals surface area contributed by atoms with E-state index in [2.05, 4.69) is 40.1 Å². The van der Waals surface area contributed by atoms with Crippen LogP contribution in [-0.4, -0.2) is 16.2 Å².